The van der Waals surface area contributed by atoms with Gasteiger partial charge in [0.1, 0.15) is 17.7 Å². The number of H-pyrrole nitrogens is 1. The fraction of sp³-hybridized carbons (Fsp3) is 0. The number of nitrogens with one attached hydrogen (secondary N) is 1. The van der Waals surface area contributed by atoms with Gasteiger partial charge in [-0.3, -0.25) is 4.79 Å². The third-order valence-corrected chi connectivity index (χ3v) is 2.92. The number of nitrogens with zero attached hydrogens (tertiary/aromatic N) is 2. The molecule has 2 rings (SSSR count). The second kappa shape index (κ2) is 4.01. The third-order valence-electron chi connectivity index (χ3n) is 2.06. The second-order valence-electron chi connectivity index (χ2n) is 3.01. The van der Waals surface area contributed by atoms with Gasteiger partial charge in [-0.2, -0.15) is 10.5 Å². The Balaban J connectivity index is 2.56. The molecule has 0 spiro atoms. The van der Waals surface area contributed by atoms with Crippen molar-refractivity contribution in [1.29, 1.82) is 10.5 Å². The van der Waals surface area contributed by atoms with Gasteiger partial charge >= 0.3 is 4.87 Å². The van der Waals surface area contributed by atoms with Gasteiger partial charge in [-0.1, -0.05) is 23.5 Å². The molecule has 0 saturated carbocycles. The van der Waals surface area contributed by atoms with Gasteiger partial charge in [-0.25, -0.2) is 0 Å². The molecule has 0 fully saturated rings. The zero-order valence-corrected chi connectivity index (χ0v) is 8.84. The van der Waals surface area contributed by atoms with Crippen LogP contribution in [0.1, 0.15) is 10.6 Å². The Morgan fingerprint density at radius 1 is 1.19 bits per heavy atom. The van der Waals surface area contributed by atoms with Crippen LogP contribution in [0, 0.1) is 22.7 Å². The minimum atomic E-state index is -0.118. The average Bonchev–Trinajstić information content (AvgIpc) is 2.53. The molecular weight excluding hydrogens is 222 g/mol. The first-order valence-electron chi connectivity index (χ1n) is 4.38. The Labute approximate surface area is 95.1 Å². The van der Waals surface area contributed by atoms with Crippen LogP contribution in [-0.4, -0.2) is 4.98 Å². The quantitative estimate of drug-likeness (QED) is 0.686. The molecule has 0 unspecified atom stereocenters. The van der Waals surface area contributed by atoms with Crippen LogP contribution in [0.5, 0.6) is 0 Å². The highest BCUT2D eigenvalue weighted by molar-refractivity contribution is 7.10. The summed E-state index contributed by atoms with van der Waals surface area (Å²) in [6, 6.07) is 3.65. The van der Waals surface area contributed by atoms with Gasteiger partial charge in [0.25, 0.3) is 0 Å². The van der Waals surface area contributed by atoms with E-state index in [4.69, 9.17) is 10.5 Å². The van der Waals surface area contributed by atoms with Crippen molar-refractivity contribution in [1.82, 2.24) is 4.98 Å². The van der Waals surface area contributed by atoms with Crippen molar-refractivity contribution in [2.75, 3.05) is 0 Å². The number of aromatic amines is 1. The van der Waals surface area contributed by atoms with E-state index < -0.39 is 0 Å². The summed E-state index contributed by atoms with van der Waals surface area (Å²) < 4.78 is 0. The van der Waals surface area contributed by atoms with Crippen molar-refractivity contribution in [3.63, 3.8) is 0 Å². The minimum absolute atomic E-state index is 0.0602. The van der Waals surface area contributed by atoms with Gasteiger partial charge in [0.05, 0.1) is 10.6 Å². The highest BCUT2D eigenvalue weighted by Crippen LogP contribution is 2.21. The number of hydrogen-bond donors (Lipinski definition) is 1. The highest BCUT2D eigenvalue weighted by atomic mass is 32.1. The predicted octanol–water partition coefficient (Wildman–Crippen LogP) is 1.82. The zero-order chi connectivity index (χ0) is 11.5. The summed E-state index contributed by atoms with van der Waals surface area (Å²) in [4.78, 5) is 14.4. The summed E-state index contributed by atoms with van der Waals surface area (Å²) in [5.41, 5.74) is 1.32. The Kier molecular flexibility index (Phi) is 2.55. The number of rotatable bonds is 0. The monoisotopic (exact) mass is 227 g/mol. The number of fused-ring (bicyclic) bond motifs is 1. The lowest BCUT2D eigenvalue weighted by molar-refractivity contribution is 1.31. The summed E-state index contributed by atoms with van der Waals surface area (Å²) in [5.74, 6) is 0. The zero-order valence-electron chi connectivity index (χ0n) is 8.02. The van der Waals surface area contributed by atoms with Crippen molar-refractivity contribution in [2.24, 2.45) is 0 Å². The van der Waals surface area contributed by atoms with E-state index in [9.17, 15) is 4.79 Å². The number of nitriles is 2. The minimum Gasteiger partial charge on any atom is -0.312 e. The van der Waals surface area contributed by atoms with Gasteiger partial charge in [0.2, 0.25) is 0 Å². The smallest absolute Gasteiger partial charge is 0.305 e. The molecule has 0 aromatic carbocycles. The van der Waals surface area contributed by atoms with Crippen LogP contribution >= 0.6 is 11.3 Å². The second-order valence-corrected chi connectivity index (χ2v) is 4.03. The molecule has 0 saturated heterocycles. The van der Waals surface area contributed by atoms with E-state index in [-0.39, 0.29) is 10.4 Å². The molecule has 1 N–H and O–H groups in total. The molecular formula is C11H5N3OS. The normalized spacial score (nSPS) is 12.5. The predicted molar refractivity (Wildman–Crippen MR) is 61.3 cm³/mol. The fourth-order valence-corrected chi connectivity index (χ4v) is 2.04. The molecule has 1 aromatic heterocycles. The first-order chi connectivity index (χ1) is 7.74. The van der Waals surface area contributed by atoms with Gasteiger partial charge in [0, 0.05) is 5.57 Å². The van der Waals surface area contributed by atoms with Crippen LogP contribution < -0.4 is 4.87 Å². The molecule has 0 amide bonds. The van der Waals surface area contributed by atoms with Gasteiger partial charge in [-0.15, -0.1) is 0 Å². The van der Waals surface area contributed by atoms with E-state index in [1.807, 2.05) is 12.1 Å². The van der Waals surface area contributed by atoms with E-state index in [0.717, 1.165) is 16.2 Å². The Hall–Kier alpha value is -2.37. The van der Waals surface area contributed by atoms with Crippen LogP contribution in [-0.2, 0) is 0 Å². The standard InChI is InChI=1S/C11H5N3OS/c12-5-8(6-13)7-1-3-9-10(4-2-7)16-11(15)14-9/h1-4H,(H,14,15). The van der Waals surface area contributed by atoms with Crippen LogP contribution in [0.15, 0.2) is 28.1 Å². The van der Waals surface area contributed by atoms with Gasteiger partial charge in [0.15, 0.2) is 0 Å². The van der Waals surface area contributed by atoms with E-state index in [2.05, 4.69) is 4.98 Å². The molecule has 0 bridgehead atoms. The van der Waals surface area contributed by atoms with Crippen molar-refractivity contribution in [2.45, 2.75) is 0 Å². The molecule has 5 heteroatoms. The third kappa shape index (κ3) is 1.72. The molecule has 1 aliphatic rings. The summed E-state index contributed by atoms with van der Waals surface area (Å²) in [5, 5.41) is 17.5. The highest BCUT2D eigenvalue weighted by Gasteiger charge is 2.07. The van der Waals surface area contributed by atoms with Crippen molar-refractivity contribution in [3.8, 4) is 12.1 Å². The van der Waals surface area contributed by atoms with Crippen LogP contribution in [0.2, 0.25) is 0 Å². The Morgan fingerprint density at radius 2 is 1.88 bits per heavy atom. The van der Waals surface area contributed by atoms with Gasteiger partial charge in [-0.05, 0) is 12.2 Å². The summed E-state index contributed by atoms with van der Waals surface area (Å²) in [6.07, 6.45) is 6.72. The average molecular weight is 227 g/mol. The summed E-state index contributed by atoms with van der Waals surface area (Å²) >= 11 is 1.09. The van der Waals surface area contributed by atoms with Crippen molar-refractivity contribution >= 4 is 23.5 Å². The fourth-order valence-electron chi connectivity index (χ4n) is 1.31. The van der Waals surface area contributed by atoms with Gasteiger partial charge < -0.3 is 4.98 Å². The molecule has 0 atom stereocenters. The maximum absolute atomic E-state index is 11.1. The SMILES string of the molecule is N#CC(C#N)=C1C=Cc2[nH]c(=O)sc2C=C1. The molecule has 0 aliphatic heterocycles. The number of allylic oxidation sites excluding steroid dienone is 4. The van der Waals surface area contributed by atoms with E-state index in [0.29, 0.717) is 11.3 Å². The molecule has 4 nitrogen and oxygen atoms in total. The largest absolute Gasteiger partial charge is 0.312 e. The van der Waals surface area contributed by atoms with Crippen molar-refractivity contribution in [3.05, 3.63) is 43.5 Å². The first kappa shape index (κ1) is 10.2. The molecule has 0 radical (unpaired) electrons. The van der Waals surface area contributed by atoms with E-state index in [1.54, 1.807) is 24.3 Å². The molecule has 1 aliphatic carbocycles. The van der Waals surface area contributed by atoms with Crippen LogP contribution in [0.25, 0.3) is 12.2 Å². The number of aromatic nitrogens is 1. The molecule has 1 aromatic rings. The van der Waals surface area contributed by atoms with Crippen molar-refractivity contribution < 1.29 is 0 Å². The lowest BCUT2D eigenvalue weighted by Crippen LogP contribution is -1.91. The topological polar surface area (TPSA) is 80.4 Å². The molecule has 1 heterocycles. The first-order valence-corrected chi connectivity index (χ1v) is 5.20. The Bertz CT molecular complexity index is 606. The number of thiazole rings is 1. The lowest BCUT2D eigenvalue weighted by atomic mass is 10.1. The maximum Gasteiger partial charge on any atom is 0.305 e. The van der Waals surface area contributed by atoms with Crippen LogP contribution in [0.3, 0.4) is 0 Å². The number of hydrogen-bond acceptors (Lipinski definition) is 4. The summed E-state index contributed by atoms with van der Waals surface area (Å²) in [6.45, 7) is 0. The van der Waals surface area contributed by atoms with E-state index in [1.165, 1.54) is 0 Å². The maximum atomic E-state index is 11.1. The Morgan fingerprint density at radius 3 is 2.56 bits per heavy atom. The summed E-state index contributed by atoms with van der Waals surface area (Å²) in [7, 11) is 0. The van der Waals surface area contributed by atoms with Crippen LogP contribution in [0.4, 0.5) is 0 Å². The lowest BCUT2D eigenvalue weighted by Gasteiger charge is -1.89. The molecule has 76 valence electrons. The van der Waals surface area contributed by atoms with E-state index >= 15 is 0 Å². The molecule has 16 heavy (non-hydrogen) atoms.